The molecule has 0 aromatic heterocycles. The van der Waals surface area contributed by atoms with Crippen LogP contribution in [0.15, 0.2) is 42.5 Å². The maximum atomic E-state index is 13.7. The van der Waals surface area contributed by atoms with E-state index in [1.807, 2.05) is 24.3 Å². The molecule has 0 unspecified atom stereocenters. The summed E-state index contributed by atoms with van der Waals surface area (Å²) in [6.45, 7) is 1.25. The zero-order valence-electron chi connectivity index (χ0n) is 14.7. The minimum atomic E-state index is -1.20. The van der Waals surface area contributed by atoms with E-state index in [0.29, 0.717) is 0 Å². The molecule has 6 nitrogen and oxygen atoms in total. The Labute approximate surface area is 155 Å². The van der Waals surface area contributed by atoms with Crippen molar-refractivity contribution in [2.24, 2.45) is 5.41 Å². The molecule has 0 atom stereocenters. The Morgan fingerprint density at radius 1 is 1.07 bits per heavy atom. The first-order valence-corrected chi connectivity index (χ1v) is 8.46. The van der Waals surface area contributed by atoms with Crippen molar-refractivity contribution in [1.29, 1.82) is 0 Å². The van der Waals surface area contributed by atoms with Crippen LogP contribution in [0.3, 0.4) is 0 Å². The highest BCUT2D eigenvalue weighted by Crippen LogP contribution is 2.40. The molecule has 0 fully saturated rings. The van der Waals surface area contributed by atoms with Crippen molar-refractivity contribution in [3.8, 4) is 0 Å². The van der Waals surface area contributed by atoms with Gasteiger partial charge in [-0.1, -0.05) is 24.3 Å². The fraction of sp³-hybridized carbons (Fsp3) is 0.250. The average Bonchev–Trinajstić information content (AvgIpc) is 2.96. The molecule has 3 N–H and O–H groups in total. The number of benzene rings is 2. The number of nitrogens with one attached hydrogen (secondary N) is 2. The van der Waals surface area contributed by atoms with Crippen molar-refractivity contribution >= 4 is 29.2 Å². The van der Waals surface area contributed by atoms with Gasteiger partial charge >= 0.3 is 5.97 Å². The van der Waals surface area contributed by atoms with Gasteiger partial charge in [0.2, 0.25) is 11.8 Å². The van der Waals surface area contributed by atoms with Gasteiger partial charge in [-0.2, -0.15) is 0 Å². The van der Waals surface area contributed by atoms with Gasteiger partial charge in [0.25, 0.3) is 0 Å². The number of fused-ring (bicyclic) bond motifs is 1. The summed E-state index contributed by atoms with van der Waals surface area (Å²) in [6.07, 6.45) is 0.364. The molecule has 0 bridgehead atoms. The van der Waals surface area contributed by atoms with Gasteiger partial charge in [0.15, 0.2) is 0 Å². The van der Waals surface area contributed by atoms with Gasteiger partial charge in [-0.05, 0) is 42.2 Å². The quantitative estimate of drug-likeness (QED) is 0.754. The largest absolute Gasteiger partial charge is 0.481 e. The Balaban J connectivity index is 1.75. The van der Waals surface area contributed by atoms with Crippen molar-refractivity contribution in [1.82, 2.24) is 0 Å². The Hall–Kier alpha value is -3.22. The van der Waals surface area contributed by atoms with Crippen LogP contribution in [-0.2, 0) is 27.2 Å². The van der Waals surface area contributed by atoms with Crippen LogP contribution in [0.4, 0.5) is 15.8 Å². The van der Waals surface area contributed by atoms with Gasteiger partial charge in [0.1, 0.15) is 5.82 Å². The Morgan fingerprint density at radius 2 is 1.70 bits per heavy atom. The van der Waals surface area contributed by atoms with Crippen molar-refractivity contribution in [2.75, 3.05) is 10.6 Å². The first-order valence-electron chi connectivity index (χ1n) is 8.46. The van der Waals surface area contributed by atoms with Crippen LogP contribution in [0.2, 0.25) is 0 Å². The van der Waals surface area contributed by atoms with E-state index in [1.165, 1.54) is 19.1 Å². The summed E-state index contributed by atoms with van der Waals surface area (Å²) in [5.41, 5.74) is 0.890. The number of carboxylic acids is 1. The number of amides is 2. The molecule has 2 aromatic rings. The number of carboxylic acid groups (broad SMARTS) is 1. The average molecular weight is 370 g/mol. The van der Waals surface area contributed by atoms with Crippen LogP contribution in [0.5, 0.6) is 0 Å². The Bertz CT molecular complexity index is 901. The third kappa shape index (κ3) is 3.97. The SMILES string of the molecule is CC(=O)Nc1cc(NC(=O)CC2(C(=O)O)Cc3ccccc3C2)ccc1F. The topological polar surface area (TPSA) is 95.5 Å². The van der Waals surface area contributed by atoms with Gasteiger partial charge in [-0.25, -0.2) is 4.39 Å². The second-order valence-electron chi connectivity index (χ2n) is 6.81. The summed E-state index contributed by atoms with van der Waals surface area (Å²) in [4.78, 5) is 35.5. The monoisotopic (exact) mass is 370 g/mol. The zero-order valence-corrected chi connectivity index (χ0v) is 14.7. The number of carbonyl (C=O) groups excluding carboxylic acids is 2. The van der Waals surface area contributed by atoms with E-state index in [9.17, 15) is 23.9 Å². The van der Waals surface area contributed by atoms with E-state index in [2.05, 4.69) is 10.6 Å². The van der Waals surface area contributed by atoms with E-state index < -0.39 is 29.0 Å². The van der Waals surface area contributed by atoms with E-state index >= 15 is 0 Å². The fourth-order valence-corrected chi connectivity index (χ4v) is 3.45. The molecule has 2 amide bonds. The summed E-state index contributed by atoms with van der Waals surface area (Å²) in [7, 11) is 0. The molecule has 2 aromatic carbocycles. The minimum absolute atomic E-state index is 0.0541. The molecule has 0 aliphatic heterocycles. The lowest BCUT2D eigenvalue weighted by atomic mass is 9.81. The van der Waals surface area contributed by atoms with Gasteiger partial charge in [-0.15, -0.1) is 0 Å². The number of rotatable bonds is 5. The standard InChI is InChI=1S/C20H19FN2O4/c1-12(24)22-17-8-15(6-7-16(17)21)23-18(25)11-20(19(26)27)9-13-4-2-3-5-14(13)10-20/h2-8H,9-11H2,1H3,(H,22,24)(H,23,25)(H,26,27). The highest BCUT2D eigenvalue weighted by Gasteiger charge is 2.45. The number of halogens is 1. The fourth-order valence-electron chi connectivity index (χ4n) is 3.45. The highest BCUT2D eigenvalue weighted by molar-refractivity contribution is 5.96. The summed E-state index contributed by atoms with van der Waals surface area (Å²) < 4.78 is 13.7. The highest BCUT2D eigenvalue weighted by atomic mass is 19.1. The summed E-state index contributed by atoms with van der Waals surface area (Å²) >= 11 is 0. The second kappa shape index (κ2) is 7.19. The lowest BCUT2D eigenvalue weighted by Crippen LogP contribution is -2.36. The third-order valence-electron chi connectivity index (χ3n) is 4.69. The van der Waals surface area contributed by atoms with Crippen LogP contribution < -0.4 is 10.6 Å². The molecule has 140 valence electrons. The van der Waals surface area contributed by atoms with Gasteiger partial charge < -0.3 is 15.7 Å². The summed E-state index contributed by atoms with van der Waals surface area (Å²) in [5.74, 6) is -2.57. The van der Waals surface area contributed by atoms with Crippen LogP contribution in [0.1, 0.15) is 24.5 Å². The molecule has 0 saturated heterocycles. The zero-order chi connectivity index (χ0) is 19.6. The predicted molar refractivity (Wildman–Crippen MR) is 97.9 cm³/mol. The lowest BCUT2D eigenvalue weighted by molar-refractivity contribution is -0.150. The molecule has 0 heterocycles. The molecular weight excluding hydrogens is 351 g/mol. The molecular formula is C20H19FN2O4. The summed E-state index contributed by atoms with van der Waals surface area (Å²) in [5, 5.41) is 14.7. The maximum Gasteiger partial charge on any atom is 0.310 e. The second-order valence-corrected chi connectivity index (χ2v) is 6.81. The Morgan fingerprint density at radius 3 is 2.26 bits per heavy atom. The van der Waals surface area contributed by atoms with Crippen molar-refractivity contribution in [3.63, 3.8) is 0 Å². The first-order chi connectivity index (χ1) is 12.8. The third-order valence-corrected chi connectivity index (χ3v) is 4.69. The number of hydrogen-bond acceptors (Lipinski definition) is 3. The molecule has 1 aliphatic carbocycles. The number of aliphatic carboxylic acids is 1. The maximum absolute atomic E-state index is 13.7. The predicted octanol–water partition coefficient (Wildman–Crippen LogP) is 2.98. The molecule has 0 saturated carbocycles. The molecule has 7 heteroatoms. The van der Waals surface area contributed by atoms with Gasteiger partial charge in [-0.3, -0.25) is 14.4 Å². The van der Waals surface area contributed by atoms with Gasteiger partial charge in [0, 0.05) is 19.0 Å². The van der Waals surface area contributed by atoms with Crippen LogP contribution in [-0.4, -0.2) is 22.9 Å². The van der Waals surface area contributed by atoms with Crippen LogP contribution in [0.25, 0.3) is 0 Å². The molecule has 0 spiro atoms. The van der Waals surface area contributed by atoms with E-state index in [0.717, 1.165) is 17.2 Å². The van der Waals surface area contributed by atoms with E-state index in [-0.39, 0.29) is 30.6 Å². The molecule has 3 rings (SSSR count). The summed E-state index contributed by atoms with van der Waals surface area (Å²) in [6, 6.07) is 11.2. The number of anilines is 2. The molecule has 27 heavy (non-hydrogen) atoms. The van der Waals surface area contributed by atoms with E-state index in [4.69, 9.17) is 0 Å². The minimum Gasteiger partial charge on any atom is -0.481 e. The number of carbonyl (C=O) groups is 3. The smallest absolute Gasteiger partial charge is 0.310 e. The molecule has 0 radical (unpaired) electrons. The normalized spacial score (nSPS) is 14.3. The van der Waals surface area contributed by atoms with Gasteiger partial charge in [0.05, 0.1) is 11.1 Å². The molecule has 1 aliphatic rings. The van der Waals surface area contributed by atoms with Crippen LogP contribution >= 0.6 is 0 Å². The van der Waals surface area contributed by atoms with E-state index in [1.54, 1.807) is 0 Å². The van der Waals surface area contributed by atoms with Crippen molar-refractivity contribution in [2.45, 2.75) is 26.2 Å². The van der Waals surface area contributed by atoms with Crippen molar-refractivity contribution in [3.05, 3.63) is 59.4 Å². The lowest BCUT2D eigenvalue weighted by Gasteiger charge is -2.23. The number of hydrogen-bond donors (Lipinski definition) is 3. The Kier molecular flexibility index (Phi) is 4.94. The van der Waals surface area contributed by atoms with Crippen molar-refractivity contribution < 1.29 is 23.9 Å². The first kappa shape index (κ1) is 18.6. The van der Waals surface area contributed by atoms with Crippen LogP contribution in [0, 0.1) is 11.2 Å².